The van der Waals surface area contributed by atoms with E-state index in [0.29, 0.717) is 30.3 Å². The fourth-order valence-corrected chi connectivity index (χ4v) is 3.25. The summed E-state index contributed by atoms with van der Waals surface area (Å²) in [6, 6.07) is 9.33. The van der Waals surface area contributed by atoms with Gasteiger partial charge in [0.1, 0.15) is 11.8 Å². The SMILES string of the molecule is CCC(CC)COC(=O)/C(C#N)=C1\Nc2ccccc2N=C1N1CCNC(=O)C1. The van der Waals surface area contributed by atoms with E-state index in [9.17, 15) is 14.9 Å². The maximum Gasteiger partial charge on any atom is 0.351 e. The van der Waals surface area contributed by atoms with Crippen LogP contribution in [-0.4, -0.2) is 48.9 Å². The monoisotopic (exact) mass is 395 g/mol. The third-order valence-corrected chi connectivity index (χ3v) is 5.12. The lowest BCUT2D eigenvalue weighted by Gasteiger charge is -2.33. The number of rotatable bonds is 5. The van der Waals surface area contributed by atoms with Crippen LogP contribution in [0.1, 0.15) is 26.7 Å². The lowest BCUT2D eigenvalue weighted by Crippen LogP contribution is -2.51. The third-order valence-electron chi connectivity index (χ3n) is 5.12. The molecular formula is C21H25N5O3. The highest BCUT2D eigenvalue weighted by molar-refractivity contribution is 6.13. The molecule has 2 aliphatic rings. The van der Waals surface area contributed by atoms with Crippen LogP contribution in [0, 0.1) is 17.2 Å². The molecule has 1 saturated heterocycles. The van der Waals surface area contributed by atoms with E-state index >= 15 is 0 Å². The molecule has 2 aliphatic heterocycles. The molecule has 0 aromatic heterocycles. The van der Waals surface area contributed by atoms with Gasteiger partial charge < -0.3 is 20.3 Å². The predicted octanol–water partition coefficient (Wildman–Crippen LogP) is 2.33. The molecular weight excluding hydrogens is 370 g/mol. The van der Waals surface area contributed by atoms with Crippen LogP contribution in [0.4, 0.5) is 11.4 Å². The number of esters is 1. The lowest BCUT2D eigenvalue weighted by molar-refractivity contribution is -0.140. The van der Waals surface area contributed by atoms with Crippen molar-refractivity contribution >= 4 is 29.1 Å². The van der Waals surface area contributed by atoms with Gasteiger partial charge in [0.15, 0.2) is 11.4 Å². The first-order valence-electron chi connectivity index (χ1n) is 9.85. The van der Waals surface area contributed by atoms with Crippen molar-refractivity contribution < 1.29 is 14.3 Å². The Kier molecular flexibility index (Phi) is 6.50. The fourth-order valence-electron chi connectivity index (χ4n) is 3.25. The number of piperazine rings is 1. The molecule has 0 spiro atoms. The number of hydrogen-bond donors (Lipinski definition) is 2. The van der Waals surface area contributed by atoms with Crippen molar-refractivity contribution in [2.45, 2.75) is 26.7 Å². The van der Waals surface area contributed by atoms with E-state index in [4.69, 9.17) is 4.74 Å². The Bertz CT molecular complexity index is 896. The molecule has 3 rings (SSSR count). The summed E-state index contributed by atoms with van der Waals surface area (Å²) in [7, 11) is 0. The number of nitriles is 1. The van der Waals surface area contributed by atoms with Gasteiger partial charge in [0.25, 0.3) is 0 Å². The van der Waals surface area contributed by atoms with E-state index < -0.39 is 5.97 Å². The minimum atomic E-state index is -0.685. The van der Waals surface area contributed by atoms with Crippen molar-refractivity contribution in [1.29, 1.82) is 5.26 Å². The molecule has 8 heteroatoms. The Morgan fingerprint density at radius 3 is 2.79 bits per heavy atom. The molecule has 152 valence electrons. The zero-order chi connectivity index (χ0) is 20.8. The van der Waals surface area contributed by atoms with Gasteiger partial charge in [0.2, 0.25) is 5.91 Å². The van der Waals surface area contributed by atoms with Crippen LogP contribution in [0.15, 0.2) is 40.5 Å². The van der Waals surface area contributed by atoms with E-state index in [1.54, 1.807) is 4.90 Å². The Morgan fingerprint density at radius 2 is 2.10 bits per heavy atom. The molecule has 0 unspecified atom stereocenters. The standard InChI is InChI=1S/C21H25N5O3/c1-3-14(4-2)13-29-21(28)15(11-22)19-20(26-10-9-23-18(27)12-26)25-17-8-6-5-7-16(17)24-19/h5-8,14,24H,3-4,9-10,12-13H2,1-2H3,(H,23,27)/b19-15-. The van der Waals surface area contributed by atoms with Crippen LogP contribution < -0.4 is 10.6 Å². The molecule has 0 bridgehead atoms. The average molecular weight is 395 g/mol. The highest BCUT2D eigenvalue weighted by Gasteiger charge is 2.31. The van der Waals surface area contributed by atoms with E-state index in [-0.39, 0.29) is 36.2 Å². The average Bonchev–Trinajstić information content (AvgIpc) is 2.74. The van der Waals surface area contributed by atoms with Gasteiger partial charge >= 0.3 is 5.97 Å². The number of benzene rings is 1. The maximum atomic E-state index is 12.7. The fraction of sp³-hybridized carbons (Fsp3) is 0.429. The topological polar surface area (TPSA) is 107 Å². The van der Waals surface area contributed by atoms with Gasteiger partial charge in [-0.15, -0.1) is 0 Å². The van der Waals surface area contributed by atoms with Gasteiger partial charge in [-0.2, -0.15) is 5.26 Å². The van der Waals surface area contributed by atoms with Crippen molar-refractivity contribution in [3.63, 3.8) is 0 Å². The lowest BCUT2D eigenvalue weighted by atomic mass is 10.1. The number of anilines is 1. The summed E-state index contributed by atoms with van der Waals surface area (Å²) in [6.07, 6.45) is 1.78. The Labute approximate surface area is 170 Å². The van der Waals surface area contributed by atoms with E-state index in [1.807, 2.05) is 44.2 Å². The number of hydrogen-bond acceptors (Lipinski definition) is 7. The molecule has 8 nitrogen and oxygen atoms in total. The first-order chi connectivity index (χ1) is 14.1. The molecule has 0 saturated carbocycles. The zero-order valence-electron chi connectivity index (χ0n) is 16.7. The number of nitrogens with one attached hydrogen (secondary N) is 2. The molecule has 0 aliphatic carbocycles. The summed E-state index contributed by atoms with van der Waals surface area (Å²) in [5, 5.41) is 15.7. The largest absolute Gasteiger partial charge is 0.461 e. The summed E-state index contributed by atoms with van der Waals surface area (Å²) >= 11 is 0. The third kappa shape index (κ3) is 4.57. The zero-order valence-corrected chi connectivity index (χ0v) is 16.7. The van der Waals surface area contributed by atoms with Crippen molar-refractivity contribution in [3.8, 4) is 6.07 Å². The number of carbonyl (C=O) groups excluding carboxylic acids is 2. The molecule has 0 radical (unpaired) electrons. The van der Waals surface area contributed by atoms with E-state index in [2.05, 4.69) is 15.6 Å². The first-order valence-corrected chi connectivity index (χ1v) is 9.85. The molecule has 1 amide bonds. The number of para-hydroxylation sites is 2. The summed E-state index contributed by atoms with van der Waals surface area (Å²) in [6.45, 7) is 5.44. The number of amides is 1. The second-order valence-corrected chi connectivity index (χ2v) is 6.99. The number of carbonyl (C=O) groups is 2. The van der Waals surface area contributed by atoms with Crippen LogP contribution in [0.3, 0.4) is 0 Å². The first kappa shape index (κ1) is 20.4. The maximum absolute atomic E-state index is 12.7. The molecule has 1 fully saturated rings. The van der Waals surface area contributed by atoms with Crippen molar-refractivity contribution in [3.05, 3.63) is 35.5 Å². The van der Waals surface area contributed by atoms with Gasteiger partial charge in [0.05, 0.1) is 24.5 Å². The number of amidine groups is 1. The van der Waals surface area contributed by atoms with Gasteiger partial charge in [-0.1, -0.05) is 38.8 Å². The molecule has 2 heterocycles. The minimum Gasteiger partial charge on any atom is -0.461 e. The quantitative estimate of drug-likeness (QED) is 0.450. The highest BCUT2D eigenvalue weighted by atomic mass is 16.5. The van der Waals surface area contributed by atoms with Crippen molar-refractivity contribution in [1.82, 2.24) is 10.2 Å². The van der Waals surface area contributed by atoms with Gasteiger partial charge in [-0.3, -0.25) is 4.79 Å². The van der Waals surface area contributed by atoms with Crippen LogP contribution in [0.2, 0.25) is 0 Å². The minimum absolute atomic E-state index is 0.105. The second kappa shape index (κ2) is 9.24. The molecule has 0 atom stereocenters. The van der Waals surface area contributed by atoms with Crippen molar-refractivity contribution in [2.75, 3.05) is 31.6 Å². The summed E-state index contributed by atoms with van der Waals surface area (Å²) in [5.74, 6) is -0.167. The van der Waals surface area contributed by atoms with Crippen LogP contribution in [0.5, 0.6) is 0 Å². The van der Waals surface area contributed by atoms with Gasteiger partial charge in [0, 0.05) is 13.1 Å². The molecule has 1 aromatic carbocycles. The van der Waals surface area contributed by atoms with Gasteiger partial charge in [-0.05, 0) is 18.1 Å². The Balaban J connectivity index is 1.97. The van der Waals surface area contributed by atoms with E-state index in [1.165, 1.54) is 0 Å². The number of nitrogens with zero attached hydrogens (tertiary/aromatic N) is 3. The summed E-state index contributed by atoms with van der Waals surface area (Å²) < 4.78 is 5.42. The molecule has 29 heavy (non-hydrogen) atoms. The van der Waals surface area contributed by atoms with Crippen LogP contribution in [-0.2, 0) is 14.3 Å². The Morgan fingerprint density at radius 1 is 1.34 bits per heavy atom. The number of aliphatic imine (C=N–C) groups is 1. The number of fused-ring (bicyclic) bond motifs is 1. The molecule has 2 N–H and O–H groups in total. The summed E-state index contributed by atoms with van der Waals surface area (Å²) in [5.41, 5.74) is 1.50. The smallest absolute Gasteiger partial charge is 0.351 e. The number of ether oxygens (including phenoxy) is 1. The van der Waals surface area contributed by atoms with Gasteiger partial charge in [-0.25, -0.2) is 9.79 Å². The van der Waals surface area contributed by atoms with Crippen LogP contribution in [0.25, 0.3) is 0 Å². The Hall–Kier alpha value is -3.34. The van der Waals surface area contributed by atoms with E-state index in [0.717, 1.165) is 12.8 Å². The summed E-state index contributed by atoms with van der Waals surface area (Å²) in [4.78, 5) is 31.0. The van der Waals surface area contributed by atoms with Crippen molar-refractivity contribution in [2.24, 2.45) is 10.9 Å². The molecule has 1 aromatic rings. The van der Waals surface area contributed by atoms with Crippen LogP contribution >= 0.6 is 0 Å². The second-order valence-electron chi connectivity index (χ2n) is 6.99. The highest BCUT2D eigenvalue weighted by Crippen LogP contribution is 2.32. The normalized spacial score (nSPS) is 17.5. The predicted molar refractivity (Wildman–Crippen MR) is 109 cm³/mol.